The molecule has 9 heteroatoms. The molecule has 9 nitrogen and oxygen atoms in total. The first-order valence-corrected chi connectivity index (χ1v) is 13.1. The number of anilines is 1. The third-order valence-corrected chi connectivity index (χ3v) is 6.92. The normalized spacial score (nSPS) is 14.3. The zero-order valence-electron chi connectivity index (χ0n) is 21.6. The topological polar surface area (TPSA) is 108 Å². The van der Waals surface area contributed by atoms with Crippen LogP contribution in [0.4, 0.5) is 5.95 Å². The number of hydrogen-bond acceptors (Lipinski definition) is 5. The maximum Gasteiger partial charge on any atom is 0.258 e. The molecule has 4 aromatic rings. The Labute approximate surface area is 222 Å². The molecule has 3 N–H and O–H groups in total. The summed E-state index contributed by atoms with van der Waals surface area (Å²) in [6.07, 6.45) is 9.14. The monoisotopic (exact) mass is 511 g/mol. The molecule has 1 aliphatic rings. The van der Waals surface area contributed by atoms with Crippen molar-refractivity contribution >= 4 is 17.8 Å². The fourth-order valence-electron chi connectivity index (χ4n) is 4.81. The van der Waals surface area contributed by atoms with Gasteiger partial charge in [-0.3, -0.25) is 24.6 Å². The van der Waals surface area contributed by atoms with Gasteiger partial charge in [0, 0.05) is 41.7 Å². The molecule has 3 heterocycles. The van der Waals surface area contributed by atoms with E-state index in [-0.39, 0.29) is 17.9 Å². The standard InChI is InChI=1S/C29H33N7O2/c1-35-16-14-22(15-17-35)32-27(37)13-7-8-23-20-36(24-9-3-2-4-10-24)29(33-23)34-28(38)26-12-6-5-11-25(26)21-18-30-31-19-21/h2-6,9-12,18-20,22H,7-8,13-17H2,1H3,(H,30,31)(H,32,37)(H,33,34,38). The fourth-order valence-corrected chi connectivity index (χ4v) is 4.81. The fraction of sp³-hybridized carbons (Fsp3) is 0.310. The molecule has 2 aromatic heterocycles. The molecule has 2 amide bonds. The first-order valence-electron chi connectivity index (χ1n) is 13.1. The summed E-state index contributed by atoms with van der Waals surface area (Å²) in [5, 5.41) is 13.0. The Bertz CT molecular complexity index is 1360. The van der Waals surface area contributed by atoms with Crippen LogP contribution in [-0.4, -0.2) is 62.6 Å². The first-order chi connectivity index (χ1) is 18.6. The predicted octanol–water partition coefficient (Wildman–Crippen LogP) is 4.05. The molecule has 0 aliphatic carbocycles. The summed E-state index contributed by atoms with van der Waals surface area (Å²) in [6.45, 7) is 2.03. The molecule has 0 unspecified atom stereocenters. The molecule has 0 radical (unpaired) electrons. The van der Waals surface area contributed by atoms with Crippen molar-refractivity contribution in [1.29, 1.82) is 0 Å². The minimum atomic E-state index is -0.256. The minimum absolute atomic E-state index is 0.0893. The van der Waals surface area contributed by atoms with Gasteiger partial charge in [-0.2, -0.15) is 5.10 Å². The van der Waals surface area contributed by atoms with Crippen LogP contribution in [0.15, 0.2) is 73.2 Å². The lowest BCUT2D eigenvalue weighted by Gasteiger charge is -2.29. The van der Waals surface area contributed by atoms with Crippen molar-refractivity contribution in [2.75, 3.05) is 25.5 Å². The molecule has 1 fully saturated rings. The van der Waals surface area contributed by atoms with Gasteiger partial charge in [0.2, 0.25) is 11.9 Å². The Morgan fingerprint density at radius 1 is 1.05 bits per heavy atom. The smallest absolute Gasteiger partial charge is 0.258 e. The summed E-state index contributed by atoms with van der Waals surface area (Å²) < 4.78 is 1.88. The number of likely N-dealkylation sites (tertiary alicyclic amines) is 1. The van der Waals surface area contributed by atoms with Crippen LogP contribution in [-0.2, 0) is 11.2 Å². The number of H-pyrrole nitrogens is 1. The van der Waals surface area contributed by atoms with Crippen molar-refractivity contribution < 1.29 is 9.59 Å². The van der Waals surface area contributed by atoms with E-state index in [9.17, 15) is 9.59 Å². The number of imidazole rings is 1. The average Bonchev–Trinajstić information content (AvgIpc) is 3.61. The lowest BCUT2D eigenvalue weighted by Crippen LogP contribution is -2.43. The van der Waals surface area contributed by atoms with Crippen molar-refractivity contribution in [2.24, 2.45) is 0 Å². The first kappa shape index (κ1) is 25.4. The zero-order valence-corrected chi connectivity index (χ0v) is 21.6. The Kier molecular flexibility index (Phi) is 7.94. The van der Waals surface area contributed by atoms with Crippen LogP contribution >= 0.6 is 0 Å². The molecule has 1 aliphatic heterocycles. The van der Waals surface area contributed by atoms with Gasteiger partial charge in [-0.1, -0.05) is 36.4 Å². The maximum absolute atomic E-state index is 13.4. The quantitative estimate of drug-likeness (QED) is 0.314. The number of nitrogens with zero attached hydrogens (tertiary/aromatic N) is 4. The summed E-state index contributed by atoms with van der Waals surface area (Å²) in [5.74, 6) is 0.272. The van der Waals surface area contributed by atoms with Crippen molar-refractivity contribution in [1.82, 2.24) is 30.0 Å². The highest BCUT2D eigenvalue weighted by Crippen LogP contribution is 2.24. The molecule has 0 spiro atoms. The van der Waals surface area contributed by atoms with Crippen LogP contribution in [0.2, 0.25) is 0 Å². The summed E-state index contributed by atoms with van der Waals surface area (Å²) in [4.78, 5) is 32.9. The summed E-state index contributed by atoms with van der Waals surface area (Å²) in [7, 11) is 2.11. The van der Waals surface area contributed by atoms with Crippen molar-refractivity contribution in [3.63, 3.8) is 0 Å². The van der Waals surface area contributed by atoms with Gasteiger partial charge in [0.05, 0.1) is 11.9 Å². The molecule has 1 saturated heterocycles. The van der Waals surface area contributed by atoms with Crippen LogP contribution in [0.1, 0.15) is 41.7 Å². The Balaban J connectivity index is 1.28. The number of carbonyl (C=O) groups excluding carboxylic acids is 2. The van der Waals surface area contributed by atoms with Gasteiger partial charge in [0.15, 0.2) is 0 Å². The van der Waals surface area contributed by atoms with Gasteiger partial charge in [0.1, 0.15) is 0 Å². The number of aromatic amines is 1. The van der Waals surface area contributed by atoms with E-state index in [0.29, 0.717) is 30.8 Å². The second-order valence-corrected chi connectivity index (χ2v) is 9.75. The number of carbonyl (C=O) groups is 2. The van der Waals surface area contributed by atoms with Crippen LogP contribution in [0.3, 0.4) is 0 Å². The van der Waals surface area contributed by atoms with Gasteiger partial charge in [0.25, 0.3) is 5.91 Å². The average molecular weight is 512 g/mol. The SMILES string of the molecule is CN1CCC(NC(=O)CCCc2cn(-c3ccccc3)c(NC(=O)c3ccccc3-c3cn[nH]c3)n2)CC1. The summed E-state index contributed by atoms with van der Waals surface area (Å²) >= 11 is 0. The number of hydrogen-bond donors (Lipinski definition) is 3. The number of benzene rings is 2. The van der Waals surface area contributed by atoms with Crippen LogP contribution in [0.25, 0.3) is 16.8 Å². The Hall–Kier alpha value is -4.24. The number of aryl methyl sites for hydroxylation is 1. The zero-order chi connectivity index (χ0) is 26.3. The van der Waals surface area contributed by atoms with Crippen molar-refractivity contribution in [3.05, 3.63) is 84.4 Å². The largest absolute Gasteiger partial charge is 0.353 e. The van der Waals surface area contributed by atoms with E-state index in [0.717, 1.165) is 48.4 Å². The van der Waals surface area contributed by atoms with E-state index < -0.39 is 0 Å². The lowest BCUT2D eigenvalue weighted by molar-refractivity contribution is -0.122. The molecule has 38 heavy (non-hydrogen) atoms. The number of amides is 2. The van der Waals surface area contributed by atoms with Gasteiger partial charge in [-0.05, 0) is 69.6 Å². The van der Waals surface area contributed by atoms with Gasteiger partial charge in [-0.15, -0.1) is 0 Å². The van der Waals surface area contributed by atoms with Crippen LogP contribution in [0.5, 0.6) is 0 Å². The molecule has 0 atom stereocenters. The molecule has 196 valence electrons. The van der Waals surface area contributed by atoms with E-state index >= 15 is 0 Å². The lowest BCUT2D eigenvalue weighted by atomic mass is 10.0. The molecule has 0 saturated carbocycles. The molecular weight excluding hydrogens is 478 g/mol. The number of piperidine rings is 1. The van der Waals surface area contributed by atoms with Crippen molar-refractivity contribution in [2.45, 2.75) is 38.1 Å². The second kappa shape index (κ2) is 11.9. The highest BCUT2D eigenvalue weighted by atomic mass is 16.2. The summed E-state index contributed by atoms with van der Waals surface area (Å²) in [5.41, 5.74) is 3.86. The molecule has 2 aromatic carbocycles. The predicted molar refractivity (Wildman–Crippen MR) is 147 cm³/mol. The molecule has 5 rings (SSSR count). The summed E-state index contributed by atoms with van der Waals surface area (Å²) in [6, 6.07) is 17.5. The maximum atomic E-state index is 13.4. The van der Waals surface area contributed by atoms with Gasteiger partial charge in [-0.25, -0.2) is 4.98 Å². The van der Waals surface area contributed by atoms with Crippen molar-refractivity contribution in [3.8, 4) is 16.8 Å². The van der Waals surface area contributed by atoms with Gasteiger partial charge >= 0.3 is 0 Å². The van der Waals surface area contributed by atoms with E-state index in [1.807, 2.05) is 59.3 Å². The van der Waals surface area contributed by atoms with Crippen LogP contribution < -0.4 is 10.6 Å². The van der Waals surface area contributed by atoms with Crippen LogP contribution in [0, 0.1) is 0 Å². The van der Waals surface area contributed by atoms with Gasteiger partial charge < -0.3 is 10.2 Å². The number of aromatic nitrogens is 4. The third kappa shape index (κ3) is 6.18. The highest BCUT2D eigenvalue weighted by Gasteiger charge is 2.19. The Morgan fingerprint density at radius 3 is 2.58 bits per heavy atom. The highest BCUT2D eigenvalue weighted by molar-refractivity contribution is 6.08. The Morgan fingerprint density at radius 2 is 1.82 bits per heavy atom. The minimum Gasteiger partial charge on any atom is -0.353 e. The second-order valence-electron chi connectivity index (χ2n) is 9.75. The number of nitrogens with one attached hydrogen (secondary N) is 3. The van der Waals surface area contributed by atoms with E-state index in [2.05, 4.69) is 32.8 Å². The third-order valence-electron chi connectivity index (χ3n) is 6.92. The molecule has 0 bridgehead atoms. The van der Waals surface area contributed by atoms with E-state index in [1.54, 1.807) is 18.5 Å². The number of rotatable bonds is 9. The molecular formula is C29H33N7O2. The number of para-hydroxylation sites is 1. The van der Waals surface area contributed by atoms with E-state index in [1.165, 1.54) is 0 Å². The van der Waals surface area contributed by atoms with E-state index in [4.69, 9.17) is 4.98 Å².